The molecular weight excluding hydrogens is 240 g/mol. The molecule has 19 heavy (non-hydrogen) atoms. The monoisotopic (exact) mass is 262 g/mol. The van der Waals surface area contributed by atoms with E-state index < -0.39 is 0 Å². The highest BCUT2D eigenvalue weighted by molar-refractivity contribution is 5.88. The van der Waals surface area contributed by atoms with E-state index in [9.17, 15) is 4.79 Å². The summed E-state index contributed by atoms with van der Waals surface area (Å²) in [4.78, 5) is 11.6. The van der Waals surface area contributed by atoms with Crippen LogP contribution in [-0.2, 0) is 4.79 Å². The SMILES string of the molecule is CC(=NNC(=O)COc1ccccc1C)C(C)(C)C. The Bertz CT molecular complexity index is 473. The minimum Gasteiger partial charge on any atom is -0.483 e. The first-order chi connectivity index (χ1) is 8.80. The van der Waals surface area contributed by atoms with Crippen LogP contribution in [0.3, 0.4) is 0 Å². The molecule has 0 saturated heterocycles. The Morgan fingerprint density at radius 2 is 1.95 bits per heavy atom. The van der Waals surface area contributed by atoms with Crippen LogP contribution in [0.15, 0.2) is 29.4 Å². The molecule has 1 amide bonds. The lowest BCUT2D eigenvalue weighted by Gasteiger charge is -2.17. The minimum atomic E-state index is -0.258. The summed E-state index contributed by atoms with van der Waals surface area (Å²) in [6.07, 6.45) is 0. The number of benzene rings is 1. The lowest BCUT2D eigenvalue weighted by Crippen LogP contribution is -2.28. The van der Waals surface area contributed by atoms with Gasteiger partial charge in [-0.3, -0.25) is 4.79 Å². The third kappa shape index (κ3) is 5.12. The van der Waals surface area contributed by atoms with Gasteiger partial charge in [0.15, 0.2) is 6.61 Å². The molecule has 1 aromatic carbocycles. The van der Waals surface area contributed by atoms with Gasteiger partial charge in [0.2, 0.25) is 0 Å². The second-order valence-electron chi connectivity index (χ2n) is 5.54. The maximum Gasteiger partial charge on any atom is 0.277 e. The molecule has 1 rings (SSSR count). The number of para-hydroxylation sites is 1. The molecule has 0 saturated carbocycles. The standard InChI is InChI=1S/C15H22N2O2/c1-11-8-6-7-9-13(11)19-10-14(18)17-16-12(2)15(3,4)5/h6-9H,10H2,1-5H3,(H,17,18). The Morgan fingerprint density at radius 1 is 1.32 bits per heavy atom. The highest BCUT2D eigenvalue weighted by Crippen LogP contribution is 2.16. The zero-order chi connectivity index (χ0) is 14.5. The van der Waals surface area contributed by atoms with Crippen LogP contribution in [0.1, 0.15) is 33.3 Å². The summed E-state index contributed by atoms with van der Waals surface area (Å²) in [5.41, 5.74) is 4.33. The van der Waals surface area contributed by atoms with Crippen LogP contribution < -0.4 is 10.2 Å². The highest BCUT2D eigenvalue weighted by Gasteiger charge is 2.14. The van der Waals surface area contributed by atoms with Crippen molar-refractivity contribution in [2.24, 2.45) is 10.5 Å². The number of hydrazone groups is 1. The fraction of sp³-hybridized carbons (Fsp3) is 0.467. The number of carbonyl (C=O) groups excluding carboxylic acids is 1. The molecule has 104 valence electrons. The lowest BCUT2D eigenvalue weighted by molar-refractivity contribution is -0.123. The molecular formula is C15H22N2O2. The lowest BCUT2D eigenvalue weighted by atomic mass is 9.91. The van der Waals surface area contributed by atoms with Gasteiger partial charge in [-0.05, 0) is 25.5 Å². The van der Waals surface area contributed by atoms with Gasteiger partial charge in [-0.2, -0.15) is 5.10 Å². The first-order valence-electron chi connectivity index (χ1n) is 6.33. The van der Waals surface area contributed by atoms with Crippen LogP contribution in [0, 0.1) is 12.3 Å². The number of nitrogens with zero attached hydrogens (tertiary/aromatic N) is 1. The normalized spacial score (nSPS) is 12.2. The van der Waals surface area contributed by atoms with Crippen molar-refractivity contribution in [3.63, 3.8) is 0 Å². The van der Waals surface area contributed by atoms with E-state index in [-0.39, 0.29) is 17.9 Å². The van der Waals surface area contributed by atoms with Crippen LogP contribution >= 0.6 is 0 Å². The van der Waals surface area contributed by atoms with Gasteiger partial charge in [-0.15, -0.1) is 0 Å². The molecule has 0 heterocycles. The number of carbonyl (C=O) groups is 1. The molecule has 0 aliphatic carbocycles. The molecule has 1 N–H and O–H groups in total. The second kappa shape index (κ2) is 6.36. The molecule has 0 spiro atoms. The van der Waals surface area contributed by atoms with Crippen molar-refractivity contribution < 1.29 is 9.53 Å². The summed E-state index contributed by atoms with van der Waals surface area (Å²) in [5, 5.41) is 4.07. The van der Waals surface area contributed by atoms with E-state index in [1.54, 1.807) is 0 Å². The number of amides is 1. The number of rotatable bonds is 4. The number of nitrogens with one attached hydrogen (secondary N) is 1. The minimum absolute atomic E-state index is 0.0359. The molecule has 0 aromatic heterocycles. The number of hydrogen-bond donors (Lipinski definition) is 1. The fourth-order valence-electron chi connectivity index (χ4n) is 1.21. The molecule has 0 atom stereocenters. The van der Waals surface area contributed by atoms with Crippen molar-refractivity contribution in [2.45, 2.75) is 34.6 Å². The van der Waals surface area contributed by atoms with E-state index in [0.29, 0.717) is 5.75 Å². The van der Waals surface area contributed by atoms with Gasteiger partial charge in [0.05, 0.1) is 0 Å². The smallest absolute Gasteiger partial charge is 0.277 e. The van der Waals surface area contributed by atoms with E-state index in [4.69, 9.17) is 4.74 Å². The van der Waals surface area contributed by atoms with Crippen LogP contribution in [0.5, 0.6) is 5.75 Å². The first kappa shape index (κ1) is 15.2. The van der Waals surface area contributed by atoms with E-state index in [0.717, 1.165) is 11.3 Å². The molecule has 4 heteroatoms. The van der Waals surface area contributed by atoms with Gasteiger partial charge in [0.25, 0.3) is 5.91 Å². The van der Waals surface area contributed by atoms with Gasteiger partial charge >= 0.3 is 0 Å². The van der Waals surface area contributed by atoms with E-state index in [2.05, 4.69) is 10.5 Å². The molecule has 0 radical (unpaired) electrons. The third-order valence-corrected chi connectivity index (χ3v) is 2.89. The topological polar surface area (TPSA) is 50.7 Å². The summed E-state index contributed by atoms with van der Waals surface area (Å²) in [5.74, 6) is 0.459. The quantitative estimate of drug-likeness (QED) is 0.670. The Labute approximate surface area is 114 Å². The Kier molecular flexibility index (Phi) is 5.10. The van der Waals surface area contributed by atoms with Crippen molar-refractivity contribution in [1.29, 1.82) is 0 Å². The second-order valence-corrected chi connectivity index (χ2v) is 5.54. The van der Waals surface area contributed by atoms with Crippen LogP contribution in [0.4, 0.5) is 0 Å². The molecule has 0 bridgehead atoms. The van der Waals surface area contributed by atoms with Gasteiger partial charge in [0.1, 0.15) is 5.75 Å². The molecule has 0 unspecified atom stereocenters. The average molecular weight is 262 g/mol. The Morgan fingerprint density at radius 3 is 2.53 bits per heavy atom. The number of hydrogen-bond acceptors (Lipinski definition) is 3. The highest BCUT2D eigenvalue weighted by atomic mass is 16.5. The predicted molar refractivity (Wildman–Crippen MR) is 77.4 cm³/mol. The first-order valence-corrected chi connectivity index (χ1v) is 6.33. The van der Waals surface area contributed by atoms with E-state index >= 15 is 0 Å². The Balaban J connectivity index is 2.48. The summed E-state index contributed by atoms with van der Waals surface area (Å²) in [6.45, 7) is 9.93. The predicted octanol–water partition coefficient (Wildman–Crippen LogP) is 2.91. The summed E-state index contributed by atoms with van der Waals surface area (Å²) in [6, 6.07) is 7.59. The van der Waals surface area contributed by atoms with Gasteiger partial charge in [-0.1, -0.05) is 39.0 Å². The van der Waals surface area contributed by atoms with E-state index in [1.165, 1.54) is 0 Å². The summed E-state index contributed by atoms with van der Waals surface area (Å²) >= 11 is 0. The van der Waals surface area contributed by atoms with Crippen LogP contribution in [-0.4, -0.2) is 18.2 Å². The zero-order valence-corrected chi connectivity index (χ0v) is 12.3. The van der Waals surface area contributed by atoms with Gasteiger partial charge in [0, 0.05) is 11.1 Å². The molecule has 4 nitrogen and oxygen atoms in total. The van der Waals surface area contributed by atoms with Crippen molar-refractivity contribution in [3.05, 3.63) is 29.8 Å². The van der Waals surface area contributed by atoms with Crippen LogP contribution in [0.25, 0.3) is 0 Å². The number of aryl methyl sites for hydroxylation is 1. The molecule has 0 aliphatic heterocycles. The van der Waals surface area contributed by atoms with Crippen molar-refractivity contribution in [3.8, 4) is 5.75 Å². The van der Waals surface area contributed by atoms with Crippen molar-refractivity contribution >= 4 is 11.6 Å². The summed E-state index contributed by atoms with van der Waals surface area (Å²) in [7, 11) is 0. The van der Waals surface area contributed by atoms with Gasteiger partial charge < -0.3 is 4.74 Å². The average Bonchev–Trinajstić information content (AvgIpc) is 2.33. The summed E-state index contributed by atoms with van der Waals surface area (Å²) < 4.78 is 5.44. The van der Waals surface area contributed by atoms with Crippen molar-refractivity contribution in [1.82, 2.24) is 5.43 Å². The molecule has 0 aliphatic rings. The number of ether oxygens (including phenoxy) is 1. The molecule has 1 aromatic rings. The largest absolute Gasteiger partial charge is 0.483 e. The maximum atomic E-state index is 11.6. The van der Waals surface area contributed by atoms with E-state index in [1.807, 2.05) is 58.9 Å². The van der Waals surface area contributed by atoms with Crippen LogP contribution in [0.2, 0.25) is 0 Å². The third-order valence-electron chi connectivity index (χ3n) is 2.89. The van der Waals surface area contributed by atoms with Gasteiger partial charge in [-0.25, -0.2) is 5.43 Å². The molecule has 0 fully saturated rings. The zero-order valence-electron chi connectivity index (χ0n) is 12.3. The van der Waals surface area contributed by atoms with Crippen molar-refractivity contribution in [2.75, 3.05) is 6.61 Å². The maximum absolute atomic E-state index is 11.6. The fourth-order valence-corrected chi connectivity index (χ4v) is 1.21. The Hall–Kier alpha value is -1.84.